The SMILES string of the molecule is COc1cc(F)c(Br)cc1C(=O)c1cc(Cl)ccc1Br. The number of benzene rings is 2. The minimum atomic E-state index is -0.497. The summed E-state index contributed by atoms with van der Waals surface area (Å²) in [7, 11) is 1.38. The zero-order valence-corrected chi connectivity index (χ0v) is 14.1. The maximum Gasteiger partial charge on any atom is 0.197 e. The molecule has 0 radical (unpaired) electrons. The van der Waals surface area contributed by atoms with Crippen LogP contribution in [0.1, 0.15) is 15.9 Å². The Labute approximate surface area is 137 Å². The highest BCUT2D eigenvalue weighted by Crippen LogP contribution is 2.31. The molecule has 2 aromatic rings. The first kappa shape index (κ1) is 15.5. The van der Waals surface area contributed by atoms with E-state index in [9.17, 15) is 9.18 Å². The summed E-state index contributed by atoms with van der Waals surface area (Å²) in [5.41, 5.74) is 0.637. The lowest BCUT2D eigenvalue weighted by atomic mass is 10.0. The second-order valence-corrected chi connectivity index (χ2v) is 6.07. The van der Waals surface area contributed by atoms with Crippen molar-refractivity contribution >= 4 is 49.2 Å². The van der Waals surface area contributed by atoms with Gasteiger partial charge < -0.3 is 4.74 Å². The van der Waals surface area contributed by atoms with Gasteiger partial charge in [0.15, 0.2) is 5.78 Å². The number of halogens is 4. The maximum atomic E-state index is 13.5. The number of ketones is 1. The Balaban J connectivity index is 2.58. The molecule has 0 N–H and O–H groups in total. The van der Waals surface area contributed by atoms with E-state index in [2.05, 4.69) is 31.9 Å². The lowest BCUT2D eigenvalue weighted by Gasteiger charge is -2.10. The minimum absolute atomic E-state index is 0.169. The average Bonchev–Trinajstić information content (AvgIpc) is 2.43. The monoisotopic (exact) mass is 420 g/mol. The molecule has 0 bridgehead atoms. The molecule has 20 heavy (non-hydrogen) atoms. The van der Waals surface area contributed by atoms with Gasteiger partial charge in [-0.05, 0) is 40.2 Å². The fourth-order valence-electron chi connectivity index (χ4n) is 1.69. The van der Waals surface area contributed by atoms with Crippen molar-refractivity contribution in [1.29, 1.82) is 0 Å². The van der Waals surface area contributed by atoms with Crippen LogP contribution in [0.2, 0.25) is 5.02 Å². The van der Waals surface area contributed by atoms with Gasteiger partial charge in [-0.2, -0.15) is 0 Å². The van der Waals surface area contributed by atoms with E-state index in [-0.39, 0.29) is 21.6 Å². The molecular formula is C14H8Br2ClFO2. The van der Waals surface area contributed by atoms with E-state index in [1.807, 2.05) is 0 Å². The van der Waals surface area contributed by atoms with E-state index < -0.39 is 5.82 Å². The van der Waals surface area contributed by atoms with Crippen LogP contribution in [0, 0.1) is 5.82 Å². The van der Waals surface area contributed by atoms with Crippen LogP contribution in [0.15, 0.2) is 39.3 Å². The number of ether oxygens (including phenoxy) is 1. The van der Waals surface area contributed by atoms with Crippen molar-refractivity contribution in [2.75, 3.05) is 7.11 Å². The third kappa shape index (κ3) is 3.05. The third-order valence-corrected chi connectivity index (χ3v) is 4.19. The predicted octanol–water partition coefficient (Wildman–Crippen LogP) is 5.24. The van der Waals surface area contributed by atoms with Crippen LogP contribution >= 0.6 is 43.5 Å². The van der Waals surface area contributed by atoms with Gasteiger partial charge in [-0.3, -0.25) is 4.79 Å². The number of rotatable bonds is 3. The molecule has 2 rings (SSSR count). The molecule has 104 valence electrons. The summed E-state index contributed by atoms with van der Waals surface area (Å²) in [4.78, 5) is 12.6. The number of hydrogen-bond donors (Lipinski definition) is 0. The summed E-state index contributed by atoms with van der Waals surface area (Å²) in [5, 5.41) is 0.441. The predicted molar refractivity (Wildman–Crippen MR) is 83.2 cm³/mol. The molecule has 0 aromatic heterocycles. The van der Waals surface area contributed by atoms with E-state index >= 15 is 0 Å². The quantitative estimate of drug-likeness (QED) is 0.632. The minimum Gasteiger partial charge on any atom is -0.496 e. The molecule has 0 unspecified atom stereocenters. The molecular weight excluding hydrogens is 414 g/mol. The number of hydrogen-bond acceptors (Lipinski definition) is 2. The van der Waals surface area contributed by atoms with Crippen molar-refractivity contribution in [3.8, 4) is 5.75 Å². The lowest BCUT2D eigenvalue weighted by Crippen LogP contribution is -2.06. The van der Waals surface area contributed by atoms with Crippen molar-refractivity contribution in [2.45, 2.75) is 0 Å². The Morgan fingerprint density at radius 2 is 1.85 bits per heavy atom. The Morgan fingerprint density at radius 1 is 1.15 bits per heavy atom. The Hall–Kier alpha value is -0.910. The molecule has 0 aliphatic carbocycles. The summed E-state index contributed by atoms with van der Waals surface area (Å²) < 4.78 is 19.4. The summed E-state index contributed by atoms with van der Waals surface area (Å²) in [6.07, 6.45) is 0. The van der Waals surface area contributed by atoms with Crippen molar-refractivity contribution in [3.63, 3.8) is 0 Å². The van der Waals surface area contributed by atoms with Gasteiger partial charge in [0.2, 0.25) is 0 Å². The normalized spacial score (nSPS) is 10.4. The molecule has 0 fully saturated rings. The molecule has 0 atom stereocenters. The molecule has 0 heterocycles. The van der Waals surface area contributed by atoms with Gasteiger partial charge in [-0.15, -0.1) is 0 Å². The molecule has 2 nitrogen and oxygen atoms in total. The maximum absolute atomic E-state index is 13.5. The van der Waals surface area contributed by atoms with Gasteiger partial charge in [-0.25, -0.2) is 4.39 Å². The first-order valence-corrected chi connectivity index (χ1v) is 7.43. The first-order chi connectivity index (χ1) is 9.43. The van der Waals surface area contributed by atoms with Crippen LogP contribution in [0.5, 0.6) is 5.75 Å². The van der Waals surface area contributed by atoms with Gasteiger partial charge in [-0.1, -0.05) is 27.5 Å². The van der Waals surface area contributed by atoms with Crippen molar-refractivity contribution in [3.05, 3.63) is 61.2 Å². The third-order valence-electron chi connectivity index (χ3n) is 2.66. The van der Waals surface area contributed by atoms with Crippen LogP contribution < -0.4 is 4.74 Å². The first-order valence-electron chi connectivity index (χ1n) is 5.47. The van der Waals surface area contributed by atoms with Gasteiger partial charge in [0, 0.05) is 21.1 Å². The number of methoxy groups -OCH3 is 1. The highest BCUT2D eigenvalue weighted by molar-refractivity contribution is 9.10. The van der Waals surface area contributed by atoms with Gasteiger partial charge in [0.1, 0.15) is 11.6 Å². The van der Waals surface area contributed by atoms with Crippen molar-refractivity contribution in [2.24, 2.45) is 0 Å². The summed E-state index contributed by atoms with van der Waals surface area (Å²) in [5.74, 6) is -0.636. The highest BCUT2D eigenvalue weighted by Gasteiger charge is 2.19. The second-order valence-electron chi connectivity index (χ2n) is 3.92. The molecule has 2 aromatic carbocycles. The summed E-state index contributed by atoms with van der Waals surface area (Å²) in [6, 6.07) is 7.45. The zero-order chi connectivity index (χ0) is 14.9. The average molecular weight is 422 g/mol. The molecule has 0 aliphatic rings. The van der Waals surface area contributed by atoms with Crippen LogP contribution in [0.25, 0.3) is 0 Å². The smallest absolute Gasteiger partial charge is 0.197 e. The highest BCUT2D eigenvalue weighted by atomic mass is 79.9. The lowest BCUT2D eigenvalue weighted by molar-refractivity contribution is 0.103. The van der Waals surface area contributed by atoms with E-state index in [1.165, 1.54) is 13.2 Å². The van der Waals surface area contributed by atoms with Crippen molar-refractivity contribution in [1.82, 2.24) is 0 Å². The van der Waals surface area contributed by atoms with E-state index in [0.29, 0.717) is 15.1 Å². The standard InChI is InChI=1S/C14H8Br2ClFO2/c1-20-13-6-12(18)11(16)5-9(13)14(19)8-4-7(17)2-3-10(8)15/h2-6H,1H3. The van der Waals surface area contributed by atoms with Gasteiger partial charge in [0.25, 0.3) is 0 Å². The largest absolute Gasteiger partial charge is 0.496 e. The fourth-order valence-corrected chi connectivity index (χ4v) is 2.63. The second kappa shape index (κ2) is 6.24. The van der Waals surface area contributed by atoms with Gasteiger partial charge >= 0.3 is 0 Å². The summed E-state index contributed by atoms with van der Waals surface area (Å²) >= 11 is 12.3. The topological polar surface area (TPSA) is 26.3 Å². The van der Waals surface area contributed by atoms with E-state index in [4.69, 9.17) is 16.3 Å². The Kier molecular flexibility index (Phi) is 4.83. The van der Waals surface area contributed by atoms with Crippen LogP contribution in [0.4, 0.5) is 4.39 Å². The molecule has 0 spiro atoms. The van der Waals surface area contributed by atoms with Crippen LogP contribution in [-0.2, 0) is 0 Å². The molecule has 0 aliphatic heterocycles. The van der Waals surface area contributed by atoms with Crippen molar-refractivity contribution < 1.29 is 13.9 Å². The van der Waals surface area contributed by atoms with Crippen LogP contribution in [-0.4, -0.2) is 12.9 Å². The van der Waals surface area contributed by atoms with E-state index in [0.717, 1.165) is 6.07 Å². The van der Waals surface area contributed by atoms with Gasteiger partial charge in [0.05, 0.1) is 17.1 Å². The molecule has 0 amide bonds. The van der Waals surface area contributed by atoms with Crippen LogP contribution in [0.3, 0.4) is 0 Å². The number of carbonyl (C=O) groups is 1. The molecule has 6 heteroatoms. The number of carbonyl (C=O) groups excluding carboxylic acids is 1. The Morgan fingerprint density at radius 3 is 2.50 bits per heavy atom. The summed E-state index contributed by atoms with van der Waals surface area (Å²) in [6.45, 7) is 0. The zero-order valence-electron chi connectivity index (χ0n) is 10.2. The fraction of sp³-hybridized carbons (Fsp3) is 0.0714. The Bertz CT molecular complexity index is 689. The van der Waals surface area contributed by atoms with E-state index in [1.54, 1.807) is 18.2 Å². The molecule has 0 saturated heterocycles. The molecule has 0 saturated carbocycles.